The summed E-state index contributed by atoms with van der Waals surface area (Å²) in [6.45, 7) is 0. The van der Waals surface area contributed by atoms with Crippen LogP contribution in [0, 0.1) is 0 Å². The summed E-state index contributed by atoms with van der Waals surface area (Å²) >= 11 is 0. The first-order valence-corrected chi connectivity index (χ1v) is 48.3. The molecule has 0 saturated heterocycles. The average molecular weight is 1800 g/mol. The molecule has 0 aliphatic rings. The van der Waals surface area contributed by atoms with Crippen LogP contribution in [-0.4, -0.2) is 0 Å². The molecular weight excluding hydrogens is 1700 g/mol. The molecule has 0 amide bonds. The van der Waals surface area contributed by atoms with Crippen LogP contribution in [0.3, 0.4) is 0 Å². The molecule has 666 valence electrons. The molecule has 0 bridgehead atoms. The van der Waals surface area contributed by atoms with Gasteiger partial charge in [0.1, 0.15) is 0 Å². The van der Waals surface area contributed by atoms with Crippen molar-refractivity contribution >= 4 is 83.5 Å². The van der Waals surface area contributed by atoms with Gasteiger partial charge in [-0.25, -0.2) is 0 Å². The van der Waals surface area contributed by atoms with Crippen LogP contribution in [0.1, 0.15) is 0 Å². The van der Waals surface area contributed by atoms with Crippen LogP contribution in [0.2, 0.25) is 0 Å². The lowest BCUT2D eigenvalue weighted by molar-refractivity contribution is 1.28. The summed E-state index contributed by atoms with van der Waals surface area (Å²) in [5.74, 6) is 0. The molecule has 0 aromatic heterocycles. The van der Waals surface area contributed by atoms with Crippen molar-refractivity contribution in [2.45, 2.75) is 0 Å². The lowest BCUT2D eigenvalue weighted by atomic mass is 9.89. The SMILES string of the molecule is c1ccc(-c2cc(-c3ccccc3)cc(N(c3ccccc3)c3ccc(-c4ccc5ccccc5c4-c4ccccc4)cc3)c2)cc1.c1ccc(-c2ccc(N(c3ccccc3)c3ccc(-c4ccc5ccccc5c4-c4ccccc4)cc3)c(-c3ccccc3)c2)cc1.c1ccc(-c2ccccc2-c2ccc(N(c3ccccc3)c3ccc(-c4ccc5ccccc5c4-c4ccccc4)cc3)cc2)cc1. The van der Waals surface area contributed by atoms with Crippen LogP contribution in [0.15, 0.2) is 601 Å². The van der Waals surface area contributed by atoms with Crippen molar-refractivity contribution in [2.75, 3.05) is 14.7 Å². The molecule has 24 rings (SSSR count). The van der Waals surface area contributed by atoms with E-state index in [-0.39, 0.29) is 0 Å². The zero-order valence-electron chi connectivity index (χ0n) is 78.0. The highest BCUT2D eigenvalue weighted by molar-refractivity contribution is 6.08. The van der Waals surface area contributed by atoms with Crippen molar-refractivity contribution in [3.05, 3.63) is 601 Å². The zero-order valence-corrected chi connectivity index (χ0v) is 78.0. The predicted molar refractivity (Wildman–Crippen MR) is 601 cm³/mol. The van der Waals surface area contributed by atoms with E-state index in [2.05, 4.69) is 615 Å². The van der Waals surface area contributed by atoms with E-state index < -0.39 is 0 Å². The Kier molecular flexibility index (Phi) is 25.7. The smallest absolute Gasteiger partial charge is 0.0540 e. The van der Waals surface area contributed by atoms with Gasteiger partial charge in [-0.15, -0.1) is 0 Å². The minimum atomic E-state index is 1.10. The van der Waals surface area contributed by atoms with E-state index in [0.29, 0.717) is 0 Å². The molecule has 3 nitrogen and oxygen atoms in total. The van der Waals surface area contributed by atoms with E-state index in [1.54, 1.807) is 0 Å². The van der Waals surface area contributed by atoms with Gasteiger partial charge in [-0.3, -0.25) is 0 Å². The summed E-state index contributed by atoms with van der Waals surface area (Å²) in [6, 6.07) is 215. The second-order valence-corrected chi connectivity index (χ2v) is 35.3. The Labute approximate surface area is 826 Å². The Bertz CT molecular complexity index is 8290. The minimum absolute atomic E-state index is 1.10. The van der Waals surface area contributed by atoms with Crippen molar-refractivity contribution in [3.63, 3.8) is 0 Å². The van der Waals surface area contributed by atoms with Crippen LogP contribution in [-0.2, 0) is 0 Å². The summed E-state index contributed by atoms with van der Waals surface area (Å²) in [6.07, 6.45) is 0. The van der Waals surface area contributed by atoms with Crippen molar-refractivity contribution in [3.8, 4) is 134 Å². The summed E-state index contributed by atoms with van der Waals surface area (Å²) < 4.78 is 0. The Morgan fingerprint density at radius 2 is 0.319 bits per heavy atom. The summed E-state index contributed by atoms with van der Waals surface area (Å²) in [5, 5.41) is 7.52. The van der Waals surface area contributed by atoms with Gasteiger partial charge in [0.15, 0.2) is 0 Å². The topological polar surface area (TPSA) is 9.72 Å². The van der Waals surface area contributed by atoms with Crippen molar-refractivity contribution in [1.29, 1.82) is 0 Å². The molecule has 141 heavy (non-hydrogen) atoms. The summed E-state index contributed by atoms with van der Waals surface area (Å²) in [5.41, 5.74) is 39.1. The fourth-order valence-electron chi connectivity index (χ4n) is 19.8. The fraction of sp³-hybridized carbons (Fsp3) is 0. The predicted octanol–water partition coefficient (Wildman–Crippen LogP) is 38.9. The molecule has 0 spiro atoms. The third-order valence-corrected chi connectivity index (χ3v) is 26.6. The molecule has 0 radical (unpaired) electrons. The van der Waals surface area contributed by atoms with Gasteiger partial charge in [-0.1, -0.05) is 485 Å². The standard InChI is InChI=1S/3C46H33N/c1-5-15-34(16-6-1)39-28-32-45(44(33-39)35-17-7-2-8-18-35)47(40-22-11-4-12-23-40)41-29-25-37(26-30-41)43-31-27-36-19-13-14-24-42(36)46(43)38-20-9-3-10-21-38;1-5-15-34(16-6-1)39-31-40(35-17-7-2-8-18-35)33-43(32-39)47(41-22-11-4-12-23-41)42-28-25-37(26-29-42)45-30-27-36-19-13-14-24-44(36)46(45)38-20-9-3-10-21-38;1-4-14-34(15-5-1)42-21-12-13-22-43(42)36-24-29-40(30-25-36)47(39-19-8-3-9-20-39)41-31-26-37(27-32-41)45-33-28-35-16-10-11-23-44(35)46(45)38-17-6-2-7-18-38/h3*1-33H. The van der Waals surface area contributed by atoms with Gasteiger partial charge in [0, 0.05) is 51.1 Å². The lowest BCUT2D eigenvalue weighted by Gasteiger charge is -2.28. The molecule has 0 unspecified atom stereocenters. The number of fused-ring (bicyclic) bond motifs is 3. The molecule has 0 fully saturated rings. The number of hydrogen-bond acceptors (Lipinski definition) is 3. The number of benzene rings is 24. The Hall–Kier alpha value is -18.5. The zero-order chi connectivity index (χ0) is 94.3. The fourth-order valence-corrected chi connectivity index (χ4v) is 19.8. The lowest BCUT2D eigenvalue weighted by Crippen LogP contribution is -2.11. The van der Waals surface area contributed by atoms with E-state index in [0.717, 1.165) is 51.2 Å². The molecule has 3 heteroatoms. The number of hydrogen-bond donors (Lipinski definition) is 0. The molecule has 0 saturated carbocycles. The Morgan fingerprint density at radius 3 is 0.645 bits per heavy atom. The highest BCUT2D eigenvalue weighted by Gasteiger charge is 2.24. The number of nitrogens with zero attached hydrogens (tertiary/aromatic N) is 3. The molecule has 0 N–H and O–H groups in total. The average Bonchev–Trinajstić information content (AvgIpc) is 0.771. The van der Waals surface area contributed by atoms with E-state index in [9.17, 15) is 0 Å². The third kappa shape index (κ3) is 19.1. The van der Waals surface area contributed by atoms with Gasteiger partial charge in [-0.2, -0.15) is 0 Å². The third-order valence-electron chi connectivity index (χ3n) is 26.6. The first-order valence-electron chi connectivity index (χ1n) is 48.3. The molecule has 24 aromatic rings. The maximum Gasteiger partial charge on any atom is 0.0540 e. The quantitative estimate of drug-likeness (QED) is 0.0710. The second kappa shape index (κ2) is 41.3. The first-order chi connectivity index (χ1) is 70.0. The van der Waals surface area contributed by atoms with Gasteiger partial charge in [0.25, 0.3) is 0 Å². The van der Waals surface area contributed by atoms with E-state index in [1.807, 2.05) is 0 Å². The normalized spacial score (nSPS) is 11.0. The molecular formula is C138H99N3. The monoisotopic (exact) mass is 1800 g/mol. The van der Waals surface area contributed by atoms with Crippen molar-refractivity contribution in [1.82, 2.24) is 0 Å². The van der Waals surface area contributed by atoms with Gasteiger partial charge in [0.05, 0.1) is 5.69 Å². The van der Waals surface area contributed by atoms with Crippen LogP contribution in [0.4, 0.5) is 51.2 Å². The van der Waals surface area contributed by atoms with E-state index in [4.69, 9.17) is 0 Å². The molecule has 0 atom stereocenters. The van der Waals surface area contributed by atoms with Gasteiger partial charge >= 0.3 is 0 Å². The van der Waals surface area contributed by atoms with Crippen LogP contribution in [0.25, 0.3) is 166 Å². The highest BCUT2D eigenvalue weighted by Crippen LogP contribution is 2.49. The molecule has 24 aromatic carbocycles. The molecule has 0 aliphatic heterocycles. The van der Waals surface area contributed by atoms with Gasteiger partial charge in [0.2, 0.25) is 0 Å². The number of anilines is 9. The number of rotatable bonds is 21. The Morgan fingerprint density at radius 1 is 0.0993 bits per heavy atom. The van der Waals surface area contributed by atoms with E-state index in [1.165, 1.54) is 166 Å². The van der Waals surface area contributed by atoms with E-state index >= 15 is 0 Å². The van der Waals surface area contributed by atoms with Gasteiger partial charge in [-0.05, 0) is 276 Å². The number of para-hydroxylation sites is 3. The largest absolute Gasteiger partial charge is 0.311 e. The van der Waals surface area contributed by atoms with Crippen LogP contribution >= 0.6 is 0 Å². The van der Waals surface area contributed by atoms with Crippen molar-refractivity contribution < 1.29 is 0 Å². The maximum absolute atomic E-state index is 2.37. The minimum Gasteiger partial charge on any atom is -0.311 e. The van der Waals surface area contributed by atoms with Crippen LogP contribution in [0.5, 0.6) is 0 Å². The Balaban J connectivity index is 0.000000121. The van der Waals surface area contributed by atoms with Crippen LogP contribution < -0.4 is 14.7 Å². The highest BCUT2D eigenvalue weighted by atomic mass is 15.2. The summed E-state index contributed by atoms with van der Waals surface area (Å²) in [4.78, 5) is 7.07. The van der Waals surface area contributed by atoms with Gasteiger partial charge < -0.3 is 14.7 Å². The van der Waals surface area contributed by atoms with Crippen molar-refractivity contribution in [2.24, 2.45) is 0 Å². The maximum atomic E-state index is 2.37. The first kappa shape index (κ1) is 87.8. The molecule has 0 heterocycles. The second-order valence-electron chi connectivity index (χ2n) is 35.3. The molecule has 0 aliphatic carbocycles. The summed E-state index contributed by atoms with van der Waals surface area (Å²) in [7, 11) is 0.